The predicted octanol–water partition coefficient (Wildman–Crippen LogP) is 1.75. The Labute approximate surface area is 164 Å². The maximum atomic E-state index is 12.3. The Kier molecular flexibility index (Phi) is 6.42. The molecule has 1 aliphatic rings. The Bertz CT molecular complexity index is 959. The van der Waals surface area contributed by atoms with E-state index in [0.717, 1.165) is 42.3 Å². The van der Waals surface area contributed by atoms with E-state index in [1.54, 1.807) is 10.6 Å². The summed E-state index contributed by atoms with van der Waals surface area (Å²) in [6.45, 7) is 0.428. The van der Waals surface area contributed by atoms with E-state index in [1.807, 2.05) is 0 Å². The van der Waals surface area contributed by atoms with Crippen molar-refractivity contribution >= 4 is 29.0 Å². The van der Waals surface area contributed by atoms with Crippen LogP contribution in [-0.2, 0) is 24.2 Å². The van der Waals surface area contributed by atoms with Crippen molar-refractivity contribution in [3.8, 4) is 0 Å². The molecule has 1 aliphatic carbocycles. The number of carbonyl (C=O) groups is 1. The standard InChI is InChI=1S/C18H20N4O5S/c23-10-4-9-21-14-8-3-5-12(14)17(20-18(21)25)28-11-16(24)19-13-6-1-2-7-15(13)22(26)27/h1-2,6-7,23H,3-5,8-11H2,(H,19,24). The topological polar surface area (TPSA) is 127 Å². The van der Waals surface area contributed by atoms with Crippen molar-refractivity contribution in [2.45, 2.75) is 37.3 Å². The Hall–Kier alpha value is -2.72. The van der Waals surface area contributed by atoms with Gasteiger partial charge >= 0.3 is 5.69 Å². The molecule has 148 valence electrons. The van der Waals surface area contributed by atoms with Gasteiger partial charge in [-0.25, -0.2) is 4.79 Å². The van der Waals surface area contributed by atoms with Gasteiger partial charge in [0.2, 0.25) is 5.91 Å². The van der Waals surface area contributed by atoms with Gasteiger partial charge in [-0.1, -0.05) is 23.9 Å². The highest BCUT2D eigenvalue weighted by molar-refractivity contribution is 8.00. The normalized spacial score (nSPS) is 12.6. The van der Waals surface area contributed by atoms with Gasteiger partial charge in [-0.2, -0.15) is 4.98 Å². The van der Waals surface area contributed by atoms with Crippen molar-refractivity contribution < 1.29 is 14.8 Å². The van der Waals surface area contributed by atoms with Gasteiger partial charge in [0, 0.05) is 30.5 Å². The van der Waals surface area contributed by atoms with Crippen molar-refractivity contribution in [1.29, 1.82) is 0 Å². The molecule has 28 heavy (non-hydrogen) atoms. The zero-order valence-corrected chi connectivity index (χ0v) is 15.9. The number of amides is 1. The average Bonchev–Trinajstić information content (AvgIpc) is 3.15. The number of benzene rings is 1. The number of aromatic nitrogens is 2. The summed E-state index contributed by atoms with van der Waals surface area (Å²) < 4.78 is 1.61. The zero-order chi connectivity index (χ0) is 20.1. The van der Waals surface area contributed by atoms with Crippen LogP contribution < -0.4 is 11.0 Å². The van der Waals surface area contributed by atoms with Gasteiger partial charge in [0.05, 0.1) is 10.7 Å². The number of anilines is 1. The molecule has 9 nitrogen and oxygen atoms in total. The summed E-state index contributed by atoms with van der Waals surface area (Å²) in [7, 11) is 0. The molecule has 0 radical (unpaired) electrons. The highest BCUT2D eigenvalue weighted by Crippen LogP contribution is 2.30. The van der Waals surface area contributed by atoms with Crippen molar-refractivity contribution in [1.82, 2.24) is 9.55 Å². The fraction of sp³-hybridized carbons (Fsp3) is 0.389. The largest absolute Gasteiger partial charge is 0.396 e. The first-order valence-electron chi connectivity index (χ1n) is 8.90. The molecule has 0 bridgehead atoms. The van der Waals surface area contributed by atoms with Crippen molar-refractivity contribution in [3.63, 3.8) is 0 Å². The Morgan fingerprint density at radius 2 is 2.14 bits per heavy atom. The summed E-state index contributed by atoms with van der Waals surface area (Å²) >= 11 is 1.16. The smallest absolute Gasteiger partial charge is 0.348 e. The fourth-order valence-corrected chi connectivity index (χ4v) is 4.10. The number of nitrogens with one attached hydrogen (secondary N) is 1. The van der Waals surface area contributed by atoms with Gasteiger partial charge in [0.1, 0.15) is 10.7 Å². The number of hydrogen-bond donors (Lipinski definition) is 2. The summed E-state index contributed by atoms with van der Waals surface area (Å²) in [6.07, 6.45) is 2.96. The van der Waals surface area contributed by atoms with Gasteiger partial charge in [0.25, 0.3) is 5.69 Å². The number of aliphatic hydroxyl groups excluding tert-OH is 1. The number of rotatable bonds is 8. The van der Waals surface area contributed by atoms with E-state index in [-0.39, 0.29) is 29.4 Å². The van der Waals surface area contributed by atoms with Crippen LogP contribution in [0.15, 0.2) is 34.1 Å². The Morgan fingerprint density at radius 1 is 1.36 bits per heavy atom. The summed E-state index contributed by atoms with van der Waals surface area (Å²) in [5.74, 6) is -0.414. The van der Waals surface area contributed by atoms with Crippen LogP contribution in [0.5, 0.6) is 0 Å². The Balaban J connectivity index is 1.72. The summed E-state index contributed by atoms with van der Waals surface area (Å²) in [6, 6.07) is 5.93. The van der Waals surface area contributed by atoms with Crippen LogP contribution in [0.4, 0.5) is 11.4 Å². The summed E-state index contributed by atoms with van der Waals surface area (Å²) in [5.41, 5.74) is 1.48. The second-order valence-electron chi connectivity index (χ2n) is 6.32. The van der Waals surface area contributed by atoms with Gasteiger partial charge in [0.15, 0.2) is 0 Å². The van der Waals surface area contributed by atoms with Crippen LogP contribution >= 0.6 is 11.8 Å². The molecule has 0 fully saturated rings. The number of nitrogens with zero attached hydrogens (tertiary/aromatic N) is 3. The first kappa shape index (κ1) is 20.0. The molecule has 0 aliphatic heterocycles. The number of fused-ring (bicyclic) bond motifs is 1. The molecule has 0 unspecified atom stereocenters. The number of aliphatic hydroxyl groups is 1. The molecule has 3 rings (SSSR count). The molecule has 0 saturated heterocycles. The first-order valence-corrected chi connectivity index (χ1v) is 9.89. The highest BCUT2D eigenvalue weighted by Gasteiger charge is 2.22. The summed E-state index contributed by atoms with van der Waals surface area (Å²) in [5, 5.41) is 23.1. The maximum absolute atomic E-state index is 12.3. The number of thioether (sulfide) groups is 1. The van der Waals surface area contributed by atoms with Crippen molar-refractivity contribution in [2.24, 2.45) is 0 Å². The number of hydrogen-bond acceptors (Lipinski definition) is 7. The first-order chi connectivity index (χ1) is 13.5. The molecular weight excluding hydrogens is 384 g/mol. The number of carbonyl (C=O) groups excluding carboxylic acids is 1. The molecule has 1 amide bonds. The molecule has 1 aromatic carbocycles. The third-order valence-electron chi connectivity index (χ3n) is 4.46. The minimum Gasteiger partial charge on any atom is -0.396 e. The minimum absolute atomic E-state index is 0.00348. The molecule has 1 aromatic heterocycles. The van der Waals surface area contributed by atoms with Gasteiger partial charge < -0.3 is 10.4 Å². The van der Waals surface area contributed by atoms with E-state index >= 15 is 0 Å². The minimum atomic E-state index is -0.552. The third kappa shape index (κ3) is 4.39. The van der Waals surface area contributed by atoms with E-state index in [9.17, 15) is 19.7 Å². The lowest BCUT2D eigenvalue weighted by Gasteiger charge is -2.13. The predicted molar refractivity (Wildman–Crippen MR) is 105 cm³/mol. The van der Waals surface area contributed by atoms with Gasteiger partial charge in [-0.05, 0) is 31.7 Å². The Morgan fingerprint density at radius 3 is 2.89 bits per heavy atom. The van der Waals surface area contributed by atoms with Crippen LogP contribution in [0, 0.1) is 10.1 Å². The maximum Gasteiger partial charge on any atom is 0.348 e. The molecule has 2 aromatic rings. The van der Waals surface area contributed by atoms with Crippen LogP contribution in [0.2, 0.25) is 0 Å². The van der Waals surface area contributed by atoms with E-state index in [1.165, 1.54) is 18.2 Å². The second kappa shape index (κ2) is 8.98. The van der Waals surface area contributed by atoms with E-state index in [0.29, 0.717) is 18.0 Å². The molecular formula is C18H20N4O5S. The molecule has 0 saturated carbocycles. The average molecular weight is 404 g/mol. The van der Waals surface area contributed by atoms with Gasteiger partial charge in [-0.15, -0.1) is 0 Å². The SMILES string of the molecule is O=C(CSc1nc(=O)n(CCCO)c2c1CCC2)Nc1ccccc1[N+](=O)[O-]. The number of para-hydroxylation sites is 2. The highest BCUT2D eigenvalue weighted by atomic mass is 32.2. The quantitative estimate of drug-likeness (QED) is 0.297. The second-order valence-corrected chi connectivity index (χ2v) is 7.28. The van der Waals surface area contributed by atoms with Crippen molar-refractivity contribution in [3.05, 3.63) is 56.1 Å². The molecule has 1 heterocycles. The lowest BCUT2D eigenvalue weighted by atomic mass is 10.2. The lowest BCUT2D eigenvalue weighted by molar-refractivity contribution is -0.383. The van der Waals surface area contributed by atoms with Crippen LogP contribution in [-0.4, -0.2) is 37.8 Å². The molecule has 10 heteroatoms. The monoisotopic (exact) mass is 404 g/mol. The molecule has 0 atom stereocenters. The van der Waals surface area contributed by atoms with E-state index in [4.69, 9.17) is 5.11 Å². The van der Waals surface area contributed by atoms with Crippen molar-refractivity contribution in [2.75, 3.05) is 17.7 Å². The number of nitro groups is 1. The lowest BCUT2D eigenvalue weighted by Crippen LogP contribution is -2.28. The van der Waals surface area contributed by atoms with Crippen LogP contribution in [0.1, 0.15) is 24.1 Å². The molecule has 2 N–H and O–H groups in total. The summed E-state index contributed by atoms with van der Waals surface area (Å²) in [4.78, 5) is 39.2. The zero-order valence-electron chi connectivity index (χ0n) is 15.1. The third-order valence-corrected chi connectivity index (χ3v) is 5.47. The van der Waals surface area contributed by atoms with E-state index in [2.05, 4.69) is 10.3 Å². The molecule has 0 spiro atoms. The number of nitro benzene ring substituents is 1. The van der Waals surface area contributed by atoms with Crippen LogP contribution in [0.3, 0.4) is 0 Å². The van der Waals surface area contributed by atoms with E-state index < -0.39 is 10.8 Å². The van der Waals surface area contributed by atoms with Crippen LogP contribution in [0.25, 0.3) is 0 Å². The fourth-order valence-electron chi connectivity index (χ4n) is 3.22. The van der Waals surface area contributed by atoms with Gasteiger partial charge in [-0.3, -0.25) is 19.5 Å².